The number of nitrogens with one attached hydrogen (secondary N) is 1. The number of benzene rings is 1. The third kappa shape index (κ3) is 3.28. The summed E-state index contributed by atoms with van der Waals surface area (Å²) >= 11 is 0. The molecule has 0 saturated heterocycles. The van der Waals surface area contributed by atoms with Crippen LogP contribution in [0.3, 0.4) is 0 Å². The number of hydrogen-bond donors (Lipinski definition) is 1. The van der Waals surface area contributed by atoms with Gasteiger partial charge in [0.2, 0.25) is 0 Å². The molecule has 0 aliphatic rings. The summed E-state index contributed by atoms with van der Waals surface area (Å²) < 4.78 is 10.4. The van der Waals surface area contributed by atoms with Gasteiger partial charge in [-0.1, -0.05) is 6.07 Å². The lowest BCUT2D eigenvalue weighted by atomic mass is 10.2. The van der Waals surface area contributed by atoms with Gasteiger partial charge in [-0.3, -0.25) is 10.1 Å². The molecular weight excluding hydrogens is 260 g/mol. The summed E-state index contributed by atoms with van der Waals surface area (Å²) in [5, 5.41) is 14.3. The highest BCUT2D eigenvalue weighted by Crippen LogP contribution is 2.35. The number of rotatable bonds is 6. The highest BCUT2D eigenvalue weighted by atomic mass is 16.6. The Hall–Kier alpha value is -2.50. The van der Waals surface area contributed by atoms with E-state index in [0.29, 0.717) is 12.2 Å². The lowest BCUT2D eigenvalue weighted by Gasteiger charge is -2.12. The van der Waals surface area contributed by atoms with Crippen LogP contribution < -0.4 is 10.1 Å². The molecule has 0 amide bonds. The number of nitro groups is 1. The molecule has 6 nitrogen and oxygen atoms in total. The van der Waals surface area contributed by atoms with Crippen LogP contribution in [0.15, 0.2) is 41.2 Å². The van der Waals surface area contributed by atoms with E-state index < -0.39 is 4.92 Å². The minimum Gasteiger partial charge on any atom is -0.484 e. The second kappa shape index (κ2) is 6.10. The molecule has 0 fully saturated rings. The molecule has 1 heterocycles. The minimum absolute atomic E-state index is 0.0512. The molecule has 2 aromatic rings. The van der Waals surface area contributed by atoms with Crippen molar-refractivity contribution in [2.24, 2.45) is 0 Å². The van der Waals surface area contributed by atoms with Crippen molar-refractivity contribution in [2.75, 3.05) is 5.32 Å². The maximum Gasteiger partial charge on any atom is 0.333 e. The van der Waals surface area contributed by atoms with Crippen LogP contribution in [-0.2, 0) is 6.54 Å². The largest absolute Gasteiger partial charge is 0.484 e. The van der Waals surface area contributed by atoms with Crippen molar-refractivity contribution >= 4 is 11.4 Å². The standard InChI is InChI=1S/C14H16N2O4/c1-10(2)20-13-5-3-4-12(14(13)16(17)18)15-8-11-6-7-19-9-11/h3-7,9-10,15H,8H2,1-2H3. The molecule has 1 aromatic carbocycles. The lowest BCUT2D eigenvalue weighted by Crippen LogP contribution is -2.09. The summed E-state index contributed by atoms with van der Waals surface area (Å²) in [5.41, 5.74) is 1.29. The molecule has 0 bridgehead atoms. The van der Waals surface area contributed by atoms with Crippen LogP contribution in [0.25, 0.3) is 0 Å². The quantitative estimate of drug-likeness (QED) is 0.644. The summed E-state index contributed by atoms with van der Waals surface area (Å²) in [4.78, 5) is 10.8. The molecule has 0 atom stereocenters. The topological polar surface area (TPSA) is 77.5 Å². The summed E-state index contributed by atoms with van der Waals surface area (Å²) in [5.74, 6) is 0.266. The van der Waals surface area contributed by atoms with Crippen molar-refractivity contribution in [2.45, 2.75) is 26.5 Å². The summed E-state index contributed by atoms with van der Waals surface area (Å²) in [6, 6.07) is 6.78. The zero-order chi connectivity index (χ0) is 14.5. The van der Waals surface area contributed by atoms with Crippen molar-refractivity contribution in [3.63, 3.8) is 0 Å². The van der Waals surface area contributed by atoms with Crippen LogP contribution in [0.4, 0.5) is 11.4 Å². The van der Waals surface area contributed by atoms with Gasteiger partial charge in [0.25, 0.3) is 0 Å². The van der Waals surface area contributed by atoms with E-state index in [1.807, 2.05) is 13.8 Å². The second-order valence-electron chi connectivity index (χ2n) is 4.56. The first-order chi connectivity index (χ1) is 9.58. The maximum atomic E-state index is 11.3. The molecule has 2 rings (SSSR count). The first kappa shape index (κ1) is 13.9. The Balaban J connectivity index is 2.24. The van der Waals surface area contributed by atoms with Gasteiger partial charge in [0.1, 0.15) is 5.69 Å². The van der Waals surface area contributed by atoms with E-state index in [1.54, 1.807) is 36.8 Å². The maximum absolute atomic E-state index is 11.3. The fourth-order valence-electron chi connectivity index (χ4n) is 1.79. The van der Waals surface area contributed by atoms with Gasteiger partial charge in [-0.25, -0.2) is 0 Å². The third-order valence-corrected chi connectivity index (χ3v) is 2.61. The van der Waals surface area contributed by atoms with Crippen LogP contribution in [0.2, 0.25) is 0 Å². The second-order valence-corrected chi connectivity index (χ2v) is 4.56. The van der Waals surface area contributed by atoms with Crippen LogP contribution in [-0.4, -0.2) is 11.0 Å². The Morgan fingerprint density at radius 1 is 1.40 bits per heavy atom. The summed E-state index contributed by atoms with van der Waals surface area (Å²) in [6.45, 7) is 4.10. The zero-order valence-corrected chi connectivity index (χ0v) is 11.3. The number of anilines is 1. The van der Waals surface area contributed by atoms with E-state index in [1.165, 1.54) is 0 Å². The van der Waals surface area contributed by atoms with E-state index in [-0.39, 0.29) is 17.5 Å². The molecule has 0 spiro atoms. The predicted octanol–water partition coefficient (Wildman–Crippen LogP) is 3.59. The van der Waals surface area contributed by atoms with Gasteiger partial charge in [0.05, 0.1) is 23.6 Å². The fraction of sp³-hybridized carbons (Fsp3) is 0.286. The molecule has 20 heavy (non-hydrogen) atoms. The van der Waals surface area contributed by atoms with E-state index >= 15 is 0 Å². The summed E-state index contributed by atoms with van der Waals surface area (Å²) in [7, 11) is 0. The van der Waals surface area contributed by atoms with E-state index in [2.05, 4.69) is 5.32 Å². The highest BCUT2D eigenvalue weighted by molar-refractivity contribution is 5.68. The Morgan fingerprint density at radius 2 is 2.20 bits per heavy atom. The Kier molecular flexibility index (Phi) is 4.24. The molecule has 106 valence electrons. The van der Waals surface area contributed by atoms with Crippen LogP contribution in [0.1, 0.15) is 19.4 Å². The average molecular weight is 276 g/mol. The van der Waals surface area contributed by atoms with Gasteiger partial charge in [-0.2, -0.15) is 0 Å². The summed E-state index contributed by atoms with van der Waals surface area (Å²) in [6.07, 6.45) is 3.02. The van der Waals surface area contributed by atoms with Gasteiger partial charge in [-0.15, -0.1) is 0 Å². The van der Waals surface area contributed by atoms with Crippen LogP contribution >= 0.6 is 0 Å². The predicted molar refractivity (Wildman–Crippen MR) is 74.9 cm³/mol. The lowest BCUT2D eigenvalue weighted by molar-refractivity contribution is -0.385. The van der Waals surface area contributed by atoms with E-state index in [0.717, 1.165) is 5.56 Å². The van der Waals surface area contributed by atoms with Gasteiger partial charge < -0.3 is 14.5 Å². The van der Waals surface area contributed by atoms with Crippen molar-refractivity contribution in [3.05, 3.63) is 52.5 Å². The SMILES string of the molecule is CC(C)Oc1cccc(NCc2ccoc2)c1[N+](=O)[O-]. The Labute approximate surface area is 116 Å². The van der Waals surface area contributed by atoms with Crippen molar-refractivity contribution < 1.29 is 14.1 Å². The molecule has 0 aliphatic carbocycles. The number of ether oxygens (including phenoxy) is 1. The van der Waals surface area contributed by atoms with Crippen molar-refractivity contribution in [3.8, 4) is 5.75 Å². The van der Waals surface area contributed by atoms with Gasteiger partial charge in [0, 0.05) is 12.1 Å². The molecule has 6 heteroatoms. The smallest absolute Gasteiger partial charge is 0.333 e. The molecule has 1 aromatic heterocycles. The number of para-hydroxylation sites is 1. The zero-order valence-electron chi connectivity index (χ0n) is 11.3. The van der Waals surface area contributed by atoms with Crippen LogP contribution in [0.5, 0.6) is 5.75 Å². The Bertz CT molecular complexity index is 579. The van der Waals surface area contributed by atoms with Crippen LogP contribution in [0, 0.1) is 10.1 Å². The van der Waals surface area contributed by atoms with Crippen molar-refractivity contribution in [1.82, 2.24) is 0 Å². The van der Waals surface area contributed by atoms with Gasteiger partial charge >= 0.3 is 5.69 Å². The molecule has 1 N–H and O–H groups in total. The number of furan rings is 1. The molecule has 0 aliphatic heterocycles. The third-order valence-electron chi connectivity index (χ3n) is 2.61. The molecule has 0 radical (unpaired) electrons. The molecule has 0 saturated carbocycles. The van der Waals surface area contributed by atoms with E-state index in [9.17, 15) is 10.1 Å². The first-order valence-corrected chi connectivity index (χ1v) is 6.27. The van der Waals surface area contributed by atoms with Gasteiger partial charge in [-0.05, 0) is 32.0 Å². The highest BCUT2D eigenvalue weighted by Gasteiger charge is 2.21. The monoisotopic (exact) mass is 276 g/mol. The Morgan fingerprint density at radius 3 is 2.80 bits per heavy atom. The molecule has 0 unspecified atom stereocenters. The normalized spacial score (nSPS) is 10.6. The fourth-order valence-corrected chi connectivity index (χ4v) is 1.79. The number of nitro benzene ring substituents is 1. The molecular formula is C14H16N2O4. The average Bonchev–Trinajstić information content (AvgIpc) is 2.88. The minimum atomic E-state index is -0.435. The number of hydrogen-bond acceptors (Lipinski definition) is 5. The first-order valence-electron chi connectivity index (χ1n) is 6.27. The number of nitrogens with zero attached hydrogens (tertiary/aromatic N) is 1. The van der Waals surface area contributed by atoms with Gasteiger partial charge in [0.15, 0.2) is 5.75 Å². The van der Waals surface area contributed by atoms with Crippen molar-refractivity contribution in [1.29, 1.82) is 0 Å². The van der Waals surface area contributed by atoms with E-state index in [4.69, 9.17) is 9.15 Å².